The van der Waals surface area contributed by atoms with Crippen LogP contribution in [-0.4, -0.2) is 38.9 Å². The zero-order valence-corrected chi connectivity index (χ0v) is 25.6. The first-order valence-electron chi connectivity index (χ1n) is 15.8. The summed E-state index contributed by atoms with van der Waals surface area (Å²) in [5.74, 6) is 1.02. The monoisotopic (exact) mass is 616 g/mol. The Bertz CT molecular complexity index is 1560. The summed E-state index contributed by atoms with van der Waals surface area (Å²) in [6, 6.07) is 28.1. The lowest BCUT2D eigenvalue weighted by molar-refractivity contribution is -0.274. The molecule has 0 aromatic heterocycles. The maximum atomic E-state index is 12.4. The standard InChI is InChI=1S/C38H39F3O4/c1-26-36-22-29(6-4-27-8-14-31(15-9-27)43-21-3-2-20-42-24-33-25-44-33)12-18-34(36)35-19-13-30(23-37(26)35)7-5-28-10-16-32(17-11-28)45-38(39,40)41/h8-19,22-23,26,33H,2-7,20-21,24-25H2,1H3. The van der Waals surface area contributed by atoms with Gasteiger partial charge < -0.3 is 18.9 Å². The van der Waals surface area contributed by atoms with Crippen LogP contribution in [-0.2, 0) is 35.2 Å². The van der Waals surface area contributed by atoms with E-state index in [0.717, 1.165) is 63.1 Å². The number of aryl methyl sites for hydroxylation is 4. The van der Waals surface area contributed by atoms with Crippen molar-refractivity contribution in [3.05, 3.63) is 118 Å². The smallest absolute Gasteiger partial charge is 0.494 e. The number of rotatable bonds is 15. The largest absolute Gasteiger partial charge is 0.573 e. The first-order valence-corrected chi connectivity index (χ1v) is 15.8. The number of hydrogen-bond acceptors (Lipinski definition) is 4. The fraction of sp³-hybridized carbons (Fsp3) is 0.368. The number of alkyl halides is 3. The van der Waals surface area contributed by atoms with E-state index in [1.807, 2.05) is 0 Å². The van der Waals surface area contributed by atoms with Crippen LogP contribution in [0.25, 0.3) is 11.1 Å². The minimum absolute atomic E-state index is 0.193. The SMILES string of the molecule is CC1c2cc(CCc3ccc(OCCCCOCC4CO4)cc3)ccc2-c2ccc(CCc3ccc(OC(F)(F)F)cc3)cc21. The molecule has 7 heteroatoms. The maximum absolute atomic E-state index is 12.4. The molecule has 2 unspecified atom stereocenters. The molecule has 1 aliphatic carbocycles. The van der Waals surface area contributed by atoms with Crippen LogP contribution in [0.4, 0.5) is 13.2 Å². The summed E-state index contributed by atoms with van der Waals surface area (Å²) < 4.78 is 57.9. The summed E-state index contributed by atoms with van der Waals surface area (Å²) in [5, 5.41) is 0. The minimum Gasteiger partial charge on any atom is -0.494 e. The van der Waals surface area contributed by atoms with Gasteiger partial charge in [0.2, 0.25) is 0 Å². The number of benzene rings is 4. The molecule has 4 aromatic rings. The Morgan fingerprint density at radius 2 is 1.16 bits per heavy atom. The molecule has 0 spiro atoms. The van der Waals surface area contributed by atoms with Crippen molar-refractivity contribution < 1.29 is 32.1 Å². The van der Waals surface area contributed by atoms with Gasteiger partial charge in [-0.3, -0.25) is 0 Å². The van der Waals surface area contributed by atoms with E-state index in [2.05, 4.69) is 72.3 Å². The van der Waals surface area contributed by atoms with Crippen LogP contribution in [0.15, 0.2) is 84.9 Å². The number of hydrogen-bond donors (Lipinski definition) is 0. The molecule has 4 nitrogen and oxygen atoms in total. The molecule has 1 saturated heterocycles. The third-order valence-corrected chi connectivity index (χ3v) is 8.60. The molecule has 0 bridgehead atoms. The van der Waals surface area contributed by atoms with E-state index in [1.165, 1.54) is 51.1 Å². The molecule has 2 atom stereocenters. The van der Waals surface area contributed by atoms with E-state index in [-0.39, 0.29) is 5.75 Å². The van der Waals surface area contributed by atoms with Crippen LogP contribution in [0.3, 0.4) is 0 Å². The maximum Gasteiger partial charge on any atom is 0.573 e. The highest BCUT2D eigenvalue weighted by Gasteiger charge is 2.31. The van der Waals surface area contributed by atoms with E-state index >= 15 is 0 Å². The van der Waals surface area contributed by atoms with Crippen LogP contribution < -0.4 is 9.47 Å². The van der Waals surface area contributed by atoms with E-state index in [0.29, 0.717) is 25.2 Å². The molecule has 0 N–H and O–H groups in total. The van der Waals surface area contributed by atoms with Gasteiger partial charge in [0.1, 0.15) is 17.6 Å². The molecule has 0 saturated carbocycles. The third-order valence-electron chi connectivity index (χ3n) is 8.60. The van der Waals surface area contributed by atoms with Crippen molar-refractivity contribution in [3.63, 3.8) is 0 Å². The Morgan fingerprint density at radius 1 is 0.667 bits per heavy atom. The van der Waals surface area contributed by atoms with Gasteiger partial charge in [-0.25, -0.2) is 0 Å². The van der Waals surface area contributed by atoms with E-state index in [1.54, 1.807) is 12.1 Å². The van der Waals surface area contributed by atoms with Gasteiger partial charge in [0.15, 0.2) is 0 Å². The van der Waals surface area contributed by atoms with Crippen LogP contribution >= 0.6 is 0 Å². The molecule has 45 heavy (non-hydrogen) atoms. The predicted molar refractivity (Wildman–Crippen MR) is 169 cm³/mol. The first-order chi connectivity index (χ1) is 21.8. The van der Waals surface area contributed by atoms with Crippen LogP contribution in [0, 0.1) is 0 Å². The summed E-state index contributed by atoms with van der Waals surface area (Å²) in [4.78, 5) is 0. The van der Waals surface area contributed by atoms with Crippen molar-refractivity contribution in [1.29, 1.82) is 0 Å². The lowest BCUT2D eigenvalue weighted by Gasteiger charge is -2.11. The van der Waals surface area contributed by atoms with Gasteiger partial charge >= 0.3 is 6.36 Å². The van der Waals surface area contributed by atoms with Gasteiger partial charge in [0, 0.05) is 12.5 Å². The Kier molecular flexibility index (Phi) is 9.76. The van der Waals surface area contributed by atoms with Crippen molar-refractivity contribution in [2.24, 2.45) is 0 Å². The fourth-order valence-corrected chi connectivity index (χ4v) is 5.97. The molecule has 4 aromatic carbocycles. The summed E-state index contributed by atoms with van der Waals surface area (Å²) in [7, 11) is 0. The lowest BCUT2D eigenvalue weighted by atomic mass is 9.94. The molecule has 0 radical (unpaired) electrons. The topological polar surface area (TPSA) is 40.2 Å². The van der Waals surface area contributed by atoms with Crippen molar-refractivity contribution in [1.82, 2.24) is 0 Å². The first kappa shape index (κ1) is 31.2. The quantitative estimate of drug-likeness (QED) is 0.0988. The lowest BCUT2D eigenvalue weighted by Crippen LogP contribution is -2.17. The molecule has 0 amide bonds. The number of halogens is 3. The summed E-state index contributed by atoms with van der Waals surface area (Å²) >= 11 is 0. The molecule has 6 rings (SSSR count). The zero-order chi connectivity index (χ0) is 31.2. The van der Waals surface area contributed by atoms with E-state index in [4.69, 9.17) is 14.2 Å². The van der Waals surface area contributed by atoms with Gasteiger partial charge in [0.05, 0.1) is 19.8 Å². The highest BCUT2D eigenvalue weighted by molar-refractivity contribution is 5.79. The van der Waals surface area contributed by atoms with Crippen LogP contribution in [0.2, 0.25) is 0 Å². The van der Waals surface area contributed by atoms with Crippen molar-refractivity contribution in [2.75, 3.05) is 26.4 Å². The Hall–Kier alpha value is -3.81. The molecule has 2 aliphatic rings. The molecular formula is C38H39F3O4. The van der Waals surface area contributed by atoms with Crippen molar-refractivity contribution >= 4 is 0 Å². The Balaban J connectivity index is 0.974. The van der Waals surface area contributed by atoms with Gasteiger partial charge in [0.25, 0.3) is 0 Å². The van der Waals surface area contributed by atoms with Gasteiger partial charge in [-0.05, 0) is 107 Å². The second-order valence-electron chi connectivity index (χ2n) is 12.0. The van der Waals surface area contributed by atoms with Gasteiger partial charge in [-0.2, -0.15) is 0 Å². The van der Waals surface area contributed by atoms with Gasteiger partial charge in [-0.1, -0.05) is 67.6 Å². The second kappa shape index (κ2) is 14.1. The summed E-state index contributed by atoms with van der Waals surface area (Å²) in [6.07, 6.45) is 1.11. The van der Waals surface area contributed by atoms with E-state index in [9.17, 15) is 13.2 Å². The number of unbranched alkanes of at least 4 members (excludes halogenated alkanes) is 1. The van der Waals surface area contributed by atoms with Crippen LogP contribution in [0.1, 0.15) is 59.1 Å². The molecule has 236 valence electrons. The third kappa shape index (κ3) is 8.68. The highest BCUT2D eigenvalue weighted by atomic mass is 19.4. The van der Waals surface area contributed by atoms with Crippen LogP contribution in [0.5, 0.6) is 11.5 Å². The molecule has 1 fully saturated rings. The average molecular weight is 617 g/mol. The second-order valence-corrected chi connectivity index (χ2v) is 12.0. The Labute approximate surface area is 263 Å². The summed E-state index contributed by atoms with van der Waals surface area (Å²) in [6.45, 7) is 5.26. The fourth-order valence-electron chi connectivity index (χ4n) is 5.97. The van der Waals surface area contributed by atoms with Crippen molar-refractivity contribution in [3.8, 4) is 22.6 Å². The van der Waals surface area contributed by atoms with Gasteiger partial charge in [-0.15, -0.1) is 13.2 Å². The zero-order valence-electron chi connectivity index (χ0n) is 25.6. The van der Waals surface area contributed by atoms with Crippen molar-refractivity contribution in [2.45, 2.75) is 63.8 Å². The predicted octanol–water partition coefficient (Wildman–Crippen LogP) is 8.86. The molecular weight excluding hydrogens is 577 g/mol. The minimum atomic E-state index is -4.68. The molecule has 1 heterocycles. The molecule has 1 aliphatic heterocycles. The number of ether oxygens (including phenoxy) is 4. The average Bonchev–Trinajstić information content (AvgIpc) is 3.82. The Morgan fingerprint density at radius 3 is 1.69 bits per heavy atom. The number of epoxide rings is 1. The normalized spacial score (nSPS) is 16.7. The number of fused-ring (bicyclic) bond motifs is 3. The summed E-state index contributed by atoms with van der Waals surface area (Å²) in [5.41, 5.74) is 10.1. The van der Waals surface area contributed by atoms with E-state index < -0.39 is 6.36 Å². The highest BCUT2D eigenvalue weighted by Crippen LogP contribution is 2.45.